The molecule has 5 heteroatoms. The van der Waals surface area contributed by atoms with Gasteiger partial charge in [-0.05, 0) is 6.07 Å². The fourth-order valence-electron chi connectivity index (χ4n) is 1.40. The zero-order valence-electron chi connectivity index (χ0n) is 9.47. The molecule has 0 atom stereocenters. The van der Waals surface area contributed by atoms with Crippen LogP contribution < -0.4 is 5.73 Å². The van der Waals surface area contributed by atoms with Crippen LogP contribution in [0.15, 0.2) is 47.6 Å². The predicted molar refractivity (Wildman–Crippen MR) is 75.2 cm³/mol. The van der Waals surface area contributed by atoms with Gasteiger partial charge >= 0.3 is 0 Å². The molecular weight excluding hydrogens is 268 g/mol. The Hall–Kier alpha value is -1.52. The highest BCUT2D eigenvalue weighted by atomic mass is 35.5. The molecule has 2 N–H and O–H groups in total. The molecule has 3 nitrogen and oxygen atoms in total. The van der Waals surface area contributed by atoms with E-state index in [0.717, 1.165) is 0 Å². The van der Waals surface area contributed by atoms with E-state index < -0.39 is 0 Å². The molecule has 1 aromatic heterocycles. The summed E-state index contributed by atoms with van der Waals surface area (Å²) in [6.45, 7) is 0. The first kappa shape index (κ1) is 12.9. The number of thioether (sulfide) groups is 1. The van der Waals surface area contributed by atoms with Crippen LogP contribution >= 0.6 is 23.4 Å². The van der Waals surface area contributed by atoms with E-state index in [1.54, 1.807) is 18.2 Å². The molecule has 18 heavy (non-hydrogen) atoms. The maximum absolute atomic E-state index is 11.9. The van der Waals surface area contributed by atoms with E-state index in [1.165, 1.54) is 18.0 Å². The van der Waals surface area contributed by atoms with Crippen molar-refractivity contribution in [3.8, 4) is 0 Å². The molecule has 0 saturated carbocycles. The lowest BCUT2D eigenvalue weighted by molar-refractivity contribution is 0.102. The van der Waals surface area contributed by atoms with Gasteiger partial charge in [0.1, 0.15) is 5.03 Å². The van der Waals surface area contributed by atoms with E-state index in [2.05, 4.69) is 4.98 Å². The number of pyridine rings is 1. The Morgan fingerprint density at radius 2 is 2.06 bits per heavy atom. The van der Waals surface area contributed by atoms with Crippen LogP contribution in [-0.4, -0.2) is 16.5 Å². The SMILES string of the molecule is Nc1cc(Cl)cnc1SCC(=O)c1ccccc1. The van der Waals surface area contributed by atoms with Gasteiger partial charge in [0.05, 0.1) is 16.5 Å². The van der Waals surface area contributed by atoms with Gasteiger partial charge in [0, 0.05) is 11.8 Å². The second-order valence-electron chi connectivity index (χ2n) is 3.63. The van der Waals surface area contributed by atoms with Gasteiger partial charge in [0.15, 0.2) is 5.78 Å². The Morgan fingerprint density at radius 3 is 2.72 bits per heavy atom. The van der Waals surface area contributed by atoms with Crippen LogP contribution in [-0.2, 0) is 0 Å². The maximum Gasteiger partial charge on any atom is 0.173 e. The number of carbonyl (C=O) groups is 1. The summed E-state index contributed by atoms with van der Waals surface area (Å²) in [6.07, 6.45) is 1.52. The van der Waals surface area contributed by atoms with Gasteiger partial charge in [-0.15, -0.1) is 0 Å². The number of anilines is 1. The number of ketones is 1. The number of hydrogen-bond donors (Lipinski definition) is 1. The number of nitrogens with zero attached hydrogens (tertiary/aromatic N) is 1. The van der Waals surface area contributed by atoms with E-state index in [-0.39, 0.29) is 5.78 Å². The number of nitrogens with two attached hydrogens (primary N) is 1. The summed E-state index contributed by atoms with van der Waals surface area (Å²) in [4.78, 5) is 16.0. The monoisotopic (exact) mass is 278 g/mol. The molecule has 0 unspecified atom stereocenters. The van der Waals surface area contributed by atoms with Gasteiger partial charge in [-0.3, -0.25) is 4.79 Å². The minimum atomic E-state index is 0.0525. The minimum absolute atomic E-state index is 0.0525. The molecule has 0 saturated heterocycles. The van der Waals surface area contributed by atoms with E-state index in [9.17, 15) is 4.79 Å². The molecule has 0 bridgehead atoms. The third kappa shape index (κ3) is 3.24. The molecule has 2 aromatic rings. The van der Waals surface area contributed by atoms with Crippen LogP contribution in [0.3, 0.4) is 0 Å². The summed E-state index contributed by atoms with van der Waals surface area (Å²) in [7, 11) is 0. The first-order valence-electron chi connectivity index (χ1n) is 5.29. The van der Waals surface area contributed by atoms with Crippen molar-refractivity contribution in [3.05, 3.63) is 53.2 Å². The Bertz CT molecular complexity index is 560. The molecule has 0 aliphatic carbocycles. The van der Waals surface area contributed by atoms with E-state index in [0.29, 0.717) is 27.1 Å². The molecule has 0 radical (unpaired) electrons. The summed E-state index contributed by atoms with van der Waals surface area (Å²) in [6, 6.07) is 10.8. The fraction of sp³-hybridized carbons (Fsp3) is 0.0769. The lowest BCUT2D eigenvalue weighted by Crippen LogP contribution is -2.03. The van der Waals surface area contributed by atoms with Crippen LogP contribution in [0, 0.1) is 0 Å². The standard InChI is InChI=1S/C13H11ClN2OS/c14-10-6-11(15)13(16-7-10)18-8-12(17)9-4-2-1-3-5-9/h1-7H,8,15H2. The Balaban J connectivity index is 2.02. The number of benzene rings is 1. The molecule has 0 amide bonds. The summed E-state index contributed by atoms with van der Waals surface area (Å²) in [5.41, 5.74) is 6.95. The Morgan fingerprint density at radius 1 is 1.33 bits per heavy atom. The van der Waals surface area contributed by atoms with Gasteiger partial charge in [-0.25, -0.2) is 4.98 Å². The van der Waals surface area contributed by atoms with Gasteiger partial charge < -0.3 is 5.73 Å². The number of nitrogen functional groups attached to an aromatic ring is 1. The van der Waals surface area contributed by atoms with E-state index in [4.69, 9.17) is 17.3 Å². The minimum Gasteiger partial charge on any atom is -0.396 e. The van der Waals surface area contributed by atoms with Crippen molar-refractivity contribution >= 4 is 34.8 Å². The summed E-state index contributed by atoms with van der Waals surface area (Å²) >= 11 is 7.07. The largest absolute Gasteiger partial charge is 0.396 e. The van der Waals surface area contributed by atoms with Gasteiger partial charge in [-0.1, -0.05) is 53.7 Å². The van der Waals surface area contributed by atoms with Crippen molar-refractivity contribution < 1.29 is 4.79 Å². The Labute approximate surface area is 114 Å². The first-order chi connectivity index (χ1) is 8.66. The quantitative estimate of drug-likeness (QED) is 0.689. The predicted octanol–water partition coefficient (Wildman–Crippen LogP) is 3.29. The van der Waals surface area contributed by atoms with E-state index in [1.807, 2.05) is 18.2 Å². The number of rotatable bonds is 4. The molecule has 0 spiro atoms. The molecule has 1 aromatic carbocycles. The fourth-order valence-corrected chi connectivity index (χ4v) is 2.36. The lowest BCUT2D eigenvalue weighted by atomic mass is 10.2. The smallest absolute Gasteiger partial charge is 0.173 e. The molecule has 0 fully saturated rings. The number of halogens is 1. The molecule has 2 rings (SSSR count). The summed E-state index contributed by atoms with van der Waals surface area (Å²) < 4.78 is 0. The second-order valence-corrected chi connectivity index (χ2v) is 5.03. The van der Waals surface area contributed by atoms with Gasteiger partial charge in [-0.2, -0.15) is 0 Å². The van der Waals surface area contributed by atoms with Crippen molar-refractivity contribution in [1.82, 2.24) is 4.98 Å². The van der Waals surface area contributed by atoms with Crippen LogP contribution in [0.1, 0.15) is 10.4 Å². The highest BCUT2D eigenvalue weighted by molar-refractivity contribution is 8.00. The molecule has 1 heterocycles. The number of Topliss-reactive ketones (excluding diaryl/α,β-unsaturated/α-hetero) is 1. The average molecular weight is 279 g/mol. The van der Waals surface area contributed by atoms with Crippen LogP contribution in [0.25, 0.3) is 0 Å². The van der Waals surface area contributed by atoms with Crippen molar-refractivity contribution in [2.75, 3.05) is 11.5 Å². The van der Waals surface area contributed by atoms with Gasteiger partial charge in [0.2, 0.25) is 0 Å². The van der Waals surface area contributed by atoms with Crippen molar-refractivity contribution in [2.24, 2.45) is 0 Å². The van der Waals surface area contributed by atoms with Crippen molar-refractivity contribution in [2.45, 2.75) is 5.03 Å². The summed E-state index contributed by atoms with van der Waals surface area (Å²) in [5.74, 6) is 0.361. The van der Waals surface area contributed by atoms with Crippen molar-refractivity contribution in [1.29, 1.82) is 0 Å². The second kappa shape index (κ2) is 5.89. The Kier molecular flexibility index (Phi) is 4.23. The van der Waals surface area contributed by atoms with Crippen molar-refractivity contribution in [3.63, 3.8) is 0 Å². The topological polar surface area (TPSA) is 56.0 Å². The molecule has 0 aliphatic rings. The van der Waals surface area contributed by atoms with E-state index >= 15 is 0 Å². The number of hydrogen-bond acceptors (Lipinski definition) is 4. The average Bonchev–Trinajstić information content (AvgIpc) is 2.38. The third-order valence-corrected chi connectivity index (χ3v) is 3.51. The van der Waals surface area contributed by atoms with Crippen LogP contribution in [0.4, 0.5) is 5.69 Å². The third-order valence-electron chi connectivity index (χ3n) is 2.28. The highest BCUT2D eigenvalue weighted by Crippen LogP contribution is 2.25. The van der Waals surface area contributed by atoms with Crippen LogP contribution in [0.5, 0.6) is 0 Å². The molecule has 0 aliphatic heterocycles. The number of aromatic nitrogens is 1. The van der Waals surface area contributed by atoms with Crippen LogP contribution in [0.2, 0.25) is 5.02 Å². The molecular formula is C13H11ClN2OS. The number of carbonyl (C=O) groups excluding carboxylic acids is 1. The first-order valence-corrected chi connectivity index (χ1v) is 6.65. The maximum atomic E-state index is 11.9. The zero-order valence-corrected chi connectivity index (χ0v) is 11.0. The zero-order chi connectivity index (χ0) is 13.0. The highest BCUT2D eigenvalue weighted by Gasteiger charge is 2.08. The van der Waals surface area contributed by atoms with Gasteiger partial charge in [0.25, 0.3) is 0 Å². The molecule has 92 valence electrons. The summed E-state index contributed by atoms with van der Waals surface area (Å²) in [5, 5.41) is 1.12. The normalized spacial score (nSPS) is 10.3. The lowest BCUT2D eigenvalue weighted by Gasteiger charge is -2.04.